The maximum atomic E-state index is 13.2. The van der Waals surface area contributed by atoms with Gasteiger partial charge in [0.2, 0.25) is 0 Å². The van der Waals surface area contributed by atoms with Gasteiger partial charge in [-0.15, -0.1) is 11.8 Å². The zero-order valence-electron chi connectivity index (χ0n) is 18.7. The van der Waals surface area contributed by atoms with Crippen molar-refractivity contribution in [2.24, 2.45) is 0 Å². The van der Waals surface area contributed by atoms with Crippen LogP contribution in [0.3, 0.4) is 0 Å². The Kier molecular flexibility index (Phi) is 8.72. The van der Waals surface area contributed by atoms with Crippen molar-refractivity contribution >= 4 is 35.3 Å². The van der Waals surface area contributed by atoms with Crippen molar-refractivity contribution in [2.75, 3.05) is 25.3 Å². The third-order valence-corrected chi connectivity index (χ3v) is 5.56. The topological polar surface area (TPSA) is 100 Å². The summed E-state index contributed by atoms with van der Waals surface area (Å²) >= 11 is 1.40. The molecule has 3 aromatic carbocycles. The number of nitrogens with zero attached hydrogens (tertiary/aromatic N) is 1. The highest BCUT2D eigenvalue weighted by Crippen LogP contribution is 2.26. The third-order valence-electron chi connectivity index (χ3n) is 4.68. The predicted octanol–water partition coefficient (Wildman–Crippen LogP) is 4.73. The number of nitrogens with one attached hydrogen (secondary N) is 2. The van der Waals surface area contributed by atoms with Crippen molar-refractivity contribution in [1.29, 1.82) is 5.26 Å². The molecule has 0 bridgehead atoms. The van der Waals surface area contributed by atoms with Crippen LogP contribution < -0.4 is 20.1 Å². The van der Waals surface area contributed by atoms with Gasteiger partial charge in [0.25, 0.3) is 11.8 Å². The number of carbonyl (C=O) groups excluding carboxylic acids is 2. The fraction of sp³-hybridized carbons (Fsp3) is 0.115. The molecule has 0 aliphatic rings. The largest absolute Gasteiger partial charge is 0.497 e. The second kappa shape index (κ2) is 12.1. The number of thioether (sulfide) groups is 1. The monoisotopic (exact) mass is 473 g/mol. The standard InChI is InChI=1S/C26H23N3O4S/c1-32-21-10-13-24(33-2)19(16-21)17-23(29-25(30)18-6-4-3-5-7-18)26(31)28-20-8-11-22(12-9-20)34-15-14-27/h3-13,16-17H,15H2,1-2H3,(H,28,31)(H,29,30)/b23-17-. The van der Waals surface area contributed by atoms with Crippen molar-refractivity contribution in [1.82, 2.24) is 5.32 Å². The van der Waals surface area contributed by atoms with Crippen LogP contribution in [-0.4, -0.2) is 31.8 Å². The first kappa shape index (κ1) is 24.4. The van der Waals surface area contributed by atoms with Crippen LogP contribution in [0.5, 0.6) is 11.5 Å². The van der Waals surface area contributed by atoms with Gasteiger partial charge in [0, 0.05) is 21.7 Å². The van der Waals surface area contributed by atoms with Crippen molar-refractivity contribution in [3.05, 3.63) is 89.6 Å². The van der Waals surface area contributed by atoms with Crippen LogP contribution in [-0.2, 0) is 4.79 Å². The summed E-state index contributed by atoms with van der Waals surface area (Å²) in [6, 6.07) is 23.0. The van der Waals surface area contributed by atoms with E-state index in [1.54, 1.807) is 67.8 Å². The number of carbonyl (C=O) groups is 2. The van der Waals surface area contributed by atoms with E-state index in [1.807, 2.05) is 12.1 Å². The molecule has 2 amide bonds. The summed E-state index contributed by atoms with van der Waals surface area (Å²) in [5.41, 5.74) is 1.55. The zero-order valence-corrected chi connectivity index (χ0v) is 19.5. The second-order valence-corrected chi connectivity index (χ2v) is 7.96. The second-order valence-electron chi connectivity index (χ2n) is 6.91. The molecular weight excluding hydrogens is 450 g/mol. The Morgan fingerprint density at radius 1 is 1.00 bits per heavy atom. The van der Waals surface area contributed by atoms with Gasteiger partial charge in [0.05, 0.1) is 26.0 Å². The highest BCUT2D eigenvalue weighted by atomic mass is 32.2. The summed E-state index contributed by atoms with van der Waals surface area (Å²) in [5, 5.41) is 14.2. The van der Waals surface area contributed by atoms with E-state index in [0.717, 1.165) is 4.90 Å². The maximum absolute atomic E-state index is 13.2. The molecule has 34 heavy (non-hydrogen) atoms. The van der Waals surface area contributed by atoms with Gasteiger partial charge in [0.1, 0.15) is 17.2 Å². The minimum absolute atomic E-state index is 0.0309. The maximum Gasteiger partial charge on any atom is 0.272 e. The van der Waals surface area contributed by atoms with Crippen molar-refractivity contribution in [3.63, 3.8) is 0 Å². The summed E-state index contributed by atoms with van der Waals surface area (Å²) in [6.07, 6.45) is 1.54. The molecule has 0 spiro atoms. The fourth-order valence-electron chi connectivity index (χ4n) is 3.00. The van der Waals surface area contributed by atoms with Gasteiger partial charge in [-0.25, -0.2) is 0 Å². The average Bonchev–Trinajstić information content (AvgIpc) is 2.88. The minimum Gasteiger partial charge on any atom is -0.497 e. The first-order chi connectivity index (χ1) is 16.5. The van der Waals surface area contributed by atoms with Gasteiger partial charge < -0.3 is 20.1 Å². The molecule has 0 radical (unpaired) electrons. The number of anilines is 1. The zero-order chi connectivity index (χ0) is 24.3. The van der Waals surface area contributed by atoms with E-state index >= 15 is 0 Å². The van der Waals surface area contributed by atoms with Crippen LogP contribution in [0.2, 0.25) is 0 Å². The Morgan fingerprint density at radius 3 is 2.38 bits per heavy atom. The Bertz CT molecular complexity index is 1220. The Balaban J connectivity index is 1.91. The van der Waals surface area contributed by atoms with Crippen LogP contribution in [0.4, 0.5) is 5.69 Å². The molecule has 3 aromatic rings. The first-order valence-electron chi connectivity index (χ1n) is 10.3. The normalized spacial score (nSPS) is 10.7. The Labute approximate surface area is 202 Å². The minimum atomic E-state index is -0.508. The van der Waals surface area contributed by atoms with Crippen molar-refractivity contribution in [3.8, 4) is 17.6 Å². The third kappa shape index (κ3) is 6.64. The van der Waals surface area contributed by atoms with Crippen molar-refractivity contribution in [2.45, 2.75) is 4.90 Å². The lowest BCUT2D eigenvalue weighted by Crippen LogP contribution is -2.30. The fourth-order valence-corrected chi connectivity index (χ4v) is 3.56. The van der Waals surface area contributed by atoms with E-state index in [1.165, 1.54) is 24.9 Å². The number of methoxy groups -OCH3 is 2. The number of nitriles is 1. The lowest BCUT2D eigenvalue weighted by Gasteiger charge is -2.13. The van der Waals surface area contributed by atoms with Crippen LogP contribution in [0.15, 0.2) is 83.4 Å². The highest BCUT2D eigenvalue weighted by molar-refractivity contribution is 7.99. The number of amides is 2. The molecule has 3 rings (SSSR count). The molecule has 8 heteroatoms. The van der Waals surface area contributed by atoms with Gasteiger partial charge in [-0.1, -0.05) is 18.2 Å². The van der Waals surface area contributed by atoms with Crippen LogP contribution in [0, 0.1) is 11.3 Å². The molecule has 0 atom stereocenters. The predicted molar refractivity (Wildman–Crippen MR) is 133 cm³/mol. The molecule has 2 N–H and O–H groups in total. The lowest BCUT2D eigenvalue weighted by atomic mass is 10.1. The molecule has 0 saturated heterocycles. The van der Waals surface area contributed by atoms with E-state index in [9.17, 15) is 9.59 Å². The van der Waals surface area contributed by atoms with Gasteiger partial charge in [-0.05, 0) is 60.7 Å². The highest BCUT2D eigenvalue weighted by Gasteiger charge is 2.16. The number of benzene rings is 3. The van der Waals surface area contributed by atoms with Gasteiger partial charge in [-0.3, -0.25) is 9.59 Å². The van der Waals surface area contributed by atoms with E-state index in [0.29, 0.717) is 34.1 Å². The Hall–Kier alpha value is -4.22. The van der Waals surface area contributed by atoms with Crippen LogP contribution in [0.25, 0.3) is 6.08 Å². The molecule has 0 heterocycles. The van der Waals surface area contributed by atoms with Crippen molar-refractivity contribution < 1.29 is 19.1 Å². The van der Waals surface area contributed by atoms with E-state index in [-0.39, 0.29) is 5.70 Å². The van der Waals surface area contributed by atoms with E-state index in [2.05, 4.69) is 16.7 Å². The molecule has 172 valence electrons. The summed E-state index contributed by atoms with van der Waals surface area (Å²) in [7, 11) is 3.06. The average molecular weight is 474 g/mol. The SMILES string of the molecule is COc1ccc(OC)c(/C=C(\NC(=O)c2ccccc2)C(=O)Nc2ccc(SCC#N)cc2)c1. The molecule has 0 fully saturated rings. The quantitative estimate of drug-likeness (QED) is 0.344. The first-order valence-corrected chi connectivity index (χ1v) is 11.2. The summed E-state index contributed by atoms with van der Waals surface area (Å²) in [5.74, 6) is 0.497. The summed E-state index contributed by atoms with van der Waals surface area (Å²) < 4.78 is 10.7. The van der Waals surface area contributed by atoms with Gasteiger partial charge >= 0.3 is 0 Å². The molecule has 0 aliphatic heterocycles. The molecule has 7 nitrogen and oxygen atoms in total. The lowest BCUT2D eigenvalue weighted by molar-refractivity contribution is -0.113. The molecule has 0 aliphatic carbocycles. The van der Waals surface area contributed by atoms with Gasteiger partial charge in [0.15, 0.2) is 0 Å². The summed E-state index contributed by atoms with van der Waals surface area (Å²) in [4.78, 5) is 26.9. The molecule has 0 saturated carbocycles. The smallest absolute Gasteiger partial charge is 0.272 e. The van der Waals surface area contributed by atoms with E-state index in [4.69, 9.17) is 14.7 Å². The summed E-state index contributed by atoms with van der Waals surface area (Å²) in [6.45, 7) is 0. The molecule has 0 unspecified atom stereocenters. The number of ether oxygens (including phenoxy) is 2. The number of hydrogen-bond acceptors (Lipinski definition) is 6. The Morgan fingerprint density at radius 2 is 1.74 bits per heavy atom. The van der Waals surface area contributed by atoms with Gasteiger partial charge in [-0.2, -0.15) is 5.26 Å². The number of hydrogen-bond donors (Lipinski definition) is 2. The van der Waals surface area contributed by atoms with Crippen LogP contribution >= 0.6 is 11.8 Å². The molecule has 0 aromatic heterocycles. The van der Waals surface area contributed by atoms with Crippen LogP contribution in [0.1, 0.15) is 15.9 Å². The molecular formula is C26H23N3O4S. The van der Waals surface area contributed by atoms with E-state index < -0.39 is 11.8 Å². The number of rotatable bonds is 9.